The van der Waals surface area contributed by atoms with E-state index in [0.717, 1.165) is 48.4 Å². The Morgan fingerprint density at radius 3 is 2.28 bits per heavy atom. The lowest BCUT2D eigenvalue weighted by atomic mass is 9.97. The largest absolute Gasteiger partial charge is 0.364 e. The molecule has 0 saturated carbocycles. The van der Waals surface area contributed by atoms with Crippen molar-refractivity contribution in [3.63, 3.8) is 0 Å². The van der Waals surface area contributed by atoms with Crippen molar-refractivity contribution >= 4 is 17.4 Å². The number of likely N-dealkylation sites (N-methyl/N-ethyl adjacent to an activating group) is 1. The quantitative estimate of drug-likeness (QED) is 0.750. The Morgan fingerprint density at radius 2 is 1.62 bits per heavy atom. The molecule has 2 amide bonds. The van der Waals surface area contributed by atoms with Crippen molar-refractivity contribution < 1.29 is 9.59 Å². The molecule has 0 bridgehead atoms. The first-order chi connectivity index (χ1) is 14.0. The summed E-state index contributed by atoms with van der Waals surface area (Å²) in [4.78, 5) is 36.6. The fourth-order valence-corrected chi connectivity index (χ4v) is 4.04. The Kier molecular flexibility index (Phi) is 5.20. The summed E-state index contributed by atoms with van der Waals surface area (Å²) in [6, 6.07) is 9.71. The zero-order valence-corrected chi connectivity index (χ0v) is 17.2. The van der Waals surface area contributed by atoms with Crippen LogP contribution < -0.4 is 0 Å². The van der Waals surface area contributed by atoms with Gasteiger partial charge in [-0.3, -0.25) is 19.5 Å². The molecule has 4 rings (SSSR count). The van der Waals surface area contributed by atoms with Crippen LogP contribution in [-0.4, -0.2) is 64.7 Å². The fourth-order valence-electron chi connectivity index (χ4n) is 4.04. The number of nitrogens with zero attached hydrogens (tertiary/aromatic N) is 4. The number of rotatable bonds is 4. The van der Waals surface area contributed by atoms with Gasteiger partial charge in [-0.2, -0.15) is 0 Å². The maximum atomic E-state index is 13.5. The molecule has 1 saturated heterocycles. The molecule has 6 heteroatoms. The summed E-state index contributed by atoms with van der Waals surface area (Å²) in [6.45, 7) is 7.51. The molecule has 6 nitrogen and oxygen atoms in total. The van der Waals surface area contributed by atoms with Crippen LogP contribution in [0, 0.1) is 13.8 Å². The molecule has 2 aliphatic heterocycles. The van der Waals surface area contributed by atoms with E-state index < -0.39 is 0 Å². The van der Waals surface area contributed by atoms with Crippen LogP contribution in [0.2, 0.25) is 0 Å². The Morgan fingerprint density at radius 1 is 0.931 bits per heavy atom. The topological polar surface area (TPSA) is 56.8 Å². The number of benzene rings is 1. The van der Waals surface area contributed by atoms with Crippen LogP contribution in [0.1, 0.15) is 22.3 Å². The number of pyridine rings is 1. The van der Waals surface area contributed by atoms with Crippen LogP contribution >= 0.6 is 0 Å². The number of hydrogen-bond donors (Lipinski definition) is 0. The third-order valence-corrected chi connectivity index (χ3v) is 5.70. The molecule has 0 radical (unpaired) electrons. The van der Waals surface area contributed by atoms with Crippen molar-refractivity contribution in [2.45, 2.75) is 20.4 Å². The number of carbonyl (C=O) groups excluding carboxylic acids is 2. The molecular weight excluding hydrogens is 364 g/mol. The van der Waals surface area contributed by atoms with E-state index in [1.165, 1.54) is 4.90 Å². The van der Waals surface area contributed by atoms with Crippen LogP contribution in [0.25, 0.3) is 5.57 Å². The van der Waals surface area contributed by atoms with Crippen molar-refractivity contribution in [3.05, 3.63) is 70.7 Å². The molecule has 0 spiro atoms. The van der Waals surface area contributed by atoms with E-state index in [4.69, 9.17) is 0 Å². The van der Waals surface area contributed by atoms with E-state index in [9.17, 15) is 9.59 Å². The Bertz CT molecular complexity index is 976. The molecule has 1 aromatic carbocycles. The summed E-state index contributed by atoms with van der Waals surface area (Å²) < 4.78 is 0. The van der Waals surface area contributed by atoms with Gasteiger partial charge < -0.3 is 9.80 Å². The predicted molar refractivity (Wildman–Crippen MR) is 112 cm³/mol. The van der Waals surface area contributed by atoms with Gasteiger partial charge in [-0.15, -0.1) is 0 Å². The van der Waals surface area contributed by atoms with Crippen molar-refractivity contribution in [1.29, 1.82) is 0 Å². The lowest BCUT2D eigenvalue weighted by molar-refractivity contribution is -0.138. The summed E-state index contributed by atoms with van der Waals surface area (Å²) in [6.07, 6.45) is 3.36. The van der Waals surface area contributed by atoms with Gasteiger partial charge in [0.2, 0.25) is 0 Å². The maximum absolute atomic E-state index is 13.5. The highest BCUT2D eigenvalue weighted by molar-refractivity contribution is 6.35. The highest BCUT2D eigenvalue weighted by Gasteiger charge is 2.42. The molecular formula is C23H26N4O2. The van der Waals surface area contributed by atoms with E-state index >= 15 is 0 Å². The summed E-state index contributed by atoms with van der Waals surface area (Å²) in [5, 5.41) is 0. The summed E-state index contributed by atoms with van der Waals surface area (Å²) in [5.74, 6) is -0.418. The lowest BCUT2D eigenvalue weighted by Crippen LogP contribution is -2.46. The molecule has 1 aromatic heterocycles. The molecule has 3 heterocycles. The highest BCUT2D eigenvalue weighted by Crippen LogP contribution is 2.34. The van der Waals surface area contributed by atoms with Gasteiger partial charge >= 0.3 is 0 Å². The zero-order chi connectivity index (χ0) is 20.5. The normalized spacial score (nSPS) is 18.2. The molecule has 0 unspecified atom stereocenters. The Labute approximate surface area is 171 Å². The van der Waals surface area contributed by atoms with Crippen molar-refractivity contribution in [3.8, 4) is 0 Å². The maximum Gasteiger partial charge on any atom is 0.278 e. The van der Waals surface area contributed by atoms with Crippen LogP contribution in [0.3, 0.4) is 0 Å². The molecule has 2 aliphatic rings. The van der Waals surface area contributed by atoms with E-state index in [2.05, 4.69) is 27.9 Å². The van der Waals surface area contributed by atoms with Crippen molar-refractivity contribution in [2.24, 2.45) is 0 Å². The number of imide groups is 1. The number of aromatic nitrogens is 1. The number of piperazine rings is 1. The molecule has 150 valence electrons. The van der Waals surface area contributed by atoms with Gasteiger partial charge in [0.15, 0.2) is 0 Å². The first kappa shape index (κ1) is 19.3. The van der Waals surface area contributed by atoms with E-state index in [1.54, 1.807) is 12.4 Å². The average molecular weight is 390 g/mol. The molecule has 29 heavy (non-hydrogen) atoms. The number of aryl methyl sites for hydroxylation is 2. The minimum absolute atomic E-state index is 0.202. The minimum Gasteiger partial charge on any atom is -0.364 e. The van der Waals surface area contributed by atoms with Gasteiger partial charge in [-0.05, 0) is 49.7 Å². The summed E-state index contributed by atoms with van der Waals surface area (Å²) in [7, 11) is 2.08. The van der Waals surface area contributed by atoms with Gasteiger partial charge in [0.05, 0.1) is 12.1 Å². The van der Waals surface area contributed by atoms with Crippen LogP contribution in [-0.2, 0) is 16.1 Å². The van der Waals surface area contributed by atoms with Gasteiger partial charge in [0.1, 0.15) is 5.70 Å². The first-order valence-electron chi connectivity index (χ1n) is 9.96. The standard InChI is InChI=1S/C23H26N4O2/c1-16-4-5-19(17(2)14-16)20-21(26-12-10-25(3)11-13-26)23(29)27(22(20)28)15-18-6-8-24-9-7-18/h4-9,14H,10-13,15H2,1-3H3. The van der Waals surface area contributed by atoms with Crippen molar-refractivity contribution in [2.75, 3.05) is 33.2 Å². The average Bonchev–Trinajstić information content (AvgIpc) is 2.94. The minimum atomic E-state index is -0.215. The second-order valence-electron chi connectivity index (χ2n) is 7.88. The second-order valence-corrected chi connectivity index (χ2v) is 7.88. The number of amides is 2. The zero-order valence-electron chi connectivity index (χ0n) is 17.2. The van der Waals surface area contributed by atoms with Gasteiger partial charge in [-0.1, -0.05) is 23.8 Å². The van der Waals surface area contributed by atoms with E-state index in [0.29, 0.717) is 11.3 Å². The van der Waals surface area contributed by atoms with Crippen LogP contribution in [0.5, 0.6) is 0 Å². The predicted octanol–water partition coefficient (Wildman–Crippen LogP) is 2.23. The monoisotopic (exact) mass is 390 g/mol. The van der Waals surface area contributed by atoms with Gasteiger partial charge in [-0.25, -0.2) is 0 Å². The Hall–Kier alpha value is -2.99. The molecule has 2 aromatic rings. The second kappa shape index (κ2) is 7.79. The third kappa shape index (κ3) is 3.68. The molecule has 0 N–H and O–H groups in total. The first-order valence-corrected chi connectivity index (χ1v) is 9.96. The summed E-state index contributed by atoms with van der Waals surface area (Å²) in [5.41, 5.74) is 4.97. The van der Waals surface area contributed by atoms with E-state index in [1.807, 2.05) is 38.1 Å². The van der Waals surface area contributed by atoms with E-state index in [-0.39, 0.29) is 18.4 Å². The molecule has 0 aliphatic carbocycles. The smallest absolute Gasteiger partial charge is 0.278 e. The van der Waals surface area contributed by atoms with Gasteiger partial charge in [0, 0.05) is 38.6 Å². The van der Waals surface area contributed by atoms with Crippen LogP contribution in [0.4, 0.5) is 0 Å². The molecule has 1 fully saturated rings. The van der Waals surface area contributed by atoms with Gasteiger partial charge in [0.25, 0.3) is 11.8 Å². The summed E-state index contributed by atoms with van der Waals surface area (Å²) >= 11 is 0. The lowest BCUT2D eigenvalue weighted by Gasteiger charge is -2.34. The number of hydrogen-bond acceptors (Lipinski definition) is 5. The van der Waals surface area contributed by atoms with Crippen LogP contribution in [0.15, 0.2) is 48.4 Å². The SMILES string of the molecule is Cc1ccc(C2=C(N3CCN(C)CC3)C(=O)N(Cc3ccncc3)C2=O)c(C)c1. The Balaban J connectivity index is 1.76. The highest BCUT2D eigenvalue weighted by atomic mass is 16.2. The fraction of sp³-hybridized carbons (Fsp3) is 0.348. The van der Waals surface area contributed by atoms with Crippen molar-refractivity contribution in [1.82, 2.24) is 19.7 Å². The third-order valence-electron chi connectivity index (χ3n) is 5.70. The molecule has 0 atom stereocenters. The number of carbonyl (C=O) groups is 2.